The van der Waals surface area contributed by atoms with Crippen LogP contribution in [-0.2, 0) is 0 Å². The Morgan fingerprint density at radius 2 is 1.14 bits per heavy atom. The third-order valence-electron chi connectivity index (χ3n) is 0.854. The Morgan fingerprint density at radius 1 is 0.714 bits per heavy atom. The first-order valence-corrected chi connectivity index (χ1v) is 3.75. The Kier molecular flexibility index (Phi) is 9.27. The van der Waals surface area contributed by atoms with Crippen LogP contribution < -0.4 is 0 Å². The van der Waals surface area contributed by atoms with Crippen LogP contribution in [0, 0.1) is 47.4 Å². The normalized spacial score (nSPS) is 6.71. The lowest BCUT2D eigenvalue weighted by Gasteiger charge is -1.64. The summed E-state index contributed by atoms with van der Waals surface area (Å²) in [5.74, 6) is 19.8. The van der Waals surface area contributed by atoms with E-state index in [4.69, 9.17) is 10.2 Å². The Labute approximate surface area is 83.6 Å². The first-order chi connectivity index (χ1) is 6.91. The zero-order valence-electron chi connectivity index (χ0n) is 7.46. The van der Waals surface area contributed by atoms with Gasteiger partial charge in [-0.25, -0.2) is 0 Å². The lowest BCUT2D eigenvalue weighted by atomic mass is 10.4. The summed E-state index contributed by atoms with van der Waals surface area (Å²) < 4.78 is 0. The molecule has 0 amide bonds. The third kappa shape index (κ3) is 9.90. The highest BCUT2D eigenvalue weighted by molar-refractivity contribution is 5.36. The third-order valence-corrected chi connectivity index (χ3v) is 0.854. The molecule has 68 valence electrons. The monoisotopic (exact) mass is 184 g/mol. The van der Waals surface area contributed by atoms with Gasteiger partial charge in [0.15, 0.2) is 0 Å². The van der Waals surface area contributed by atoms with Crippen LogP contribution in [0.2, 0.25) is 0 Å². The van der Waals surface area contributed by atoms with E-state index in [1.807, 2.05) is 0 Å². The fourth-order valence-electron chi connectivity index (χ4n) is 0.406. The maximum Gasteiger partial charge on any atom is 0.105 e. The topological polar surface area (TPSA) is 40.5 Å². The Hall–Kier alpha value is -2.10. The van der Waals surface area contributed by atoms with Gasteiger partial charge in [0.2, 0.25) is 0 Å². The van der Waals surface area contributed by atoms with E-state index < -0.39 is 0 Å². The molecule has 0 saturated carbocycles. The van der Waals surface area contributed by atoms with Gasteiger partial charge in [0.05, 0.1) is 0 Å². The van der Waals surface area contributed by atoms with Gasteiger partial charge in [-0.15, -0.1) is 0 Å². The van der Waals surface area contributed by atoms with Crippen LogP contribution in [0.3, 0.4) is 0 Å². The lowest BCUT2D eigenvalue weighted by Crippen LogP contribution is -1.68. The largest absolute Gasteiger partial charge is 0.384 e. The molecular formula is C12H8O2. The van der Waals surface area contributed by atoms with Crippen LogP contribution in [0.1, 0.15) is 0 Å². The summed E-state index contributed by atoms with van der Waals surface area (Å²) in [7, 11) is 0. The van der Waals surface area contributed by atoms with E-state index in [1.54, 1.807) is 0 Å². The Morgan fingerprint density at radius 3 is 1.50 bits per heavy atom. The van der Waals surface area contributed by atoms with Crippen LogP contribution in [0.4, 0.5) is 0 Å². The smallest absolute Gasteiger partial charge is 0.105 e. The fourth-order valence-corrected chi connectivity index (χ4v) is 0.406. The van der Waals surface area contributed by atoms with Crippen molar-refractivity contribution < 1.29 is 10.2 Å². The van der Waals surface area contributed by atoms with Crippen LogP contribution in [0.5, 0.6) is 0 Å². The fraction of sp³-hybridized carbons (Fsp3) is 0.167. The second kappa shape index (κ2) is 10.9. The molecule has 0 fully saturated rings. The molecule has 2 heteroatoms. The lowest BCUT2D eigenvalue weighted by molar-refractivity contribution is 0.350. The highest BCUT2D eigenvalue weighted by Gasteiger charge is 1.60. The molecule has 0 saturated heterocycles. The maximum absolute atomic E-state index is 8.27. The number of hydrogen-bond donors (Lipinski definition) is 2. The predicted molar refractivity (Wildman–Crippen MR) is 54.4 cm³/mol. The Bertz CT molecular complexity index is 372. The van der Waals surface area contributed by atoms with E-state index >= 15 is 0 Å². The van der Waals surface area contributed by atoms with Crippen molar-refractivity contribution >= 4 is 0 Å². The van der Waals surface area contributed by atoms with E-state index in [0.717, 1.165) is 0 Å². The summed E-state index contributed by atoms with van der Waals surface area (Å²) in [5, 5.41) is 16.5. The molecule has 0 unspecified atom stereocenters. The molecule has 0 aromatic carbocycles. The maximum atomic E-state index is 8.27. The predicted octanol–water partition coefficient (Wildman–Crippen LogP) is -0.459. The average Bonchev–Trinajstić information content (AvgIpc) is 2.21. The number of rotatable bonds is 0. The van der Waals surface area contributed by atoms with Crippen molar-refractivity contribution in [1.29, 1.82) is 0 Å². The molecule has 0 aliphatic carbocycles. The van der Waals surface area contributed by atoms with Crippen molar-refractivity contribution in [1.82, 2.24) is 0 Å². The second-order valence-electron chi connectivity index (χ2n) is 1.79. The van der Waals surface area contributed by atoms with Gasteiger partial charge in [0.1, 0.15) is 13.2 Å². The number of aliphatic hydroxyl groups excluding tert-OH is 2. The van der Waals surface area contributed by atoms with Gasteiger partial charge in [0.25, 0.3) is 0 Å². The molecule has 0 spiro atoms. The van der Waals surface area contributed by atoms with E-state index in [-0.39, 0.29) is 13.2 Å². The van der Waals surface area contributed by atoms with Crippen LogP contribution in [0.15, 0.2) is 12.2 Å². The second-order valence-corrected chi connectivity index (χ2v) is 1.79. The molecule has 0 atom stereocenters. The minimum atomic E-state index is -0.186. The van der Waals surface area contributed by atoms with Crippen molar-refractivity contribution in [3.05, 3.63) is 12.2 Å². The van der Waals surface area contributed by atoms with Crippen LogP contribution >= 0.6 is 0 Å². The quantitative estimate of drug-likeness (QED) is 0.500. The molecule has 2 N–H and O–H groups in total. The molecule has 0 bridgehead atoms. The van der Waals surface area contributed by atoms with Crippen molar-refractivity contribution in [2.45, 2.75) is 0 Å². The van der Waals surface area contributed by atoms with Crippen LogP contribution in [0.25, 0.3) is 0 Å². The molecule has 14 heavy (non-hydrogen) atoms. The summed E-state index contributed by atoms with van der Waals surface area (Å²) in [4.78, 5) is 0. The van der Waals surface area contributed by atoms with Crippen molar-refractivity contribution in [2.75, 3.05) is 13.2 Å². The van der Waals surface area contributed by atoms with Gasteiger partial charge in [0, 0.05) is 0 Å². The molecule has 0 aromatic heterocycles. The van der Waals surface area contributed by atoms with E-state index in [9.17, 15) is 0 Å². The number of allylic oxidation sites excluding steroid dienone is 2. The molecule has 0 aliphatic rings. The molecule has 0 radical (unpaired) electrons. The molecular weight excluding hydrogens is 176 g/mol. The minimum absolute atomic E-state index is 0.186. The van der Waals surface area contributed by atoms with E-state index in [1.165, 1.54) is 12.2 Å². The summed E-state index contributed by atoms with van der Waals surface area (Å²) in [6, 6.07) is 0. The minimum Gasteiger partial charge on any atom is -0.384 e. The Balaban J connectivity index is 3.92. The summed E-state index contributed by atoms with van der Waals surface area (Å²) in [6.45, 7) is -0.371. The molecule has 0 aliphatic heterocycles. The van der Waals surface area contributed by atoms with Gasteiger partial charge in [-0.05, 0) is 35.8 Å². The van der Waals surface area contributed by atoms with Crippen molar-refractivity contribution in [2.24, 2.45) is 0 Å². The first-order valence-electron chi connectivity index (χ1n) is 3.75. The average molecular weight is 184 g/mol. The molecule has 0 rings (SSSR count). The van der Waals surface area contributed by atoms with E-state index in [0.29, 0.717) is 0 Å². The summed E-state index contributed by atoms with van der Waals surface area (Å²) in [6.07, 6.45) is 3.05. The zero-order valence-corrected chi connectivity index (χ0v) is 7.46. The molecule has 0 aromatic rings. The zero-order chi connectivity index (χ0) is 10.5. The highest BCUT2D eigenvalue weighted by atomic mass is 16.3. The first kappa shape index (κ1) is 11.9. The van der Waals surface area contributed by atoms with Crippen molar-refractivity contribution in [3.63, 3.8) is 0 Å². The number of hydrogen-bond acceptors (Lipinski definition) is 2. The van der Waals surface area contributed by atoms with Crippen molar-refractivity contribution in [3.8, 4) is 47.4 Å². The summed E-state index contributed by atoms with van der Waals surface area (Å²) >= 11 is 0. The highest BCUT2D eigenvalue weighted by Crippen LogP contribution is 1.66. The van der Waals surface area contributed by atoms with Gasteiger partial charge < -0.3 is 10.2 Å². The summed E-state index contributed by atoms with van der Waals surface area (Å²) in [5.41, 5.74) is 0. The van der Waals surface area contributed by atoms with Gasteiger partial charge in [-0.1, -0.05) is 23.7 Å². The number of aliphatic hydroxyl groups is 2. The van der Waals surface area contributed by atoms with Gasteiger partial charge in [-0.3, -0.25) is 0 Å². The standard InChI is InChI=1S/C12H8O2/c13-11-9-7-5-3-1-2-4-6-8-10-12-14/h1-2,13-14H,11-12H2/b2-1-. The van der Waals surface area contributed by atoms with Crippen LogP contribution in [-0.4, -0.2) is 23.4 Å². The molecule has 0 heterocycles. The SMILES string of the molecule is OCC#CC#C/C=C\C#CC#CCO. The van der Waals surface area contributed by atoms with Gasteiger partial charge >= 0.3 is 0 Å². The van der Waals surface area contributed by atoms with Gasteiger partial charge in [-0.2, -0.15) is 0 Å². The molecule has 2 nitrogen and oxygen atoms in total. The van der Waals surface area contributed by atoms with E-state index in [2.05, 4.69) is 47.4 Å².